The van der Waals surface area contributed by atoms with Crippen molar-refractivity contribution in [3.63, 3.8) is 0 Å². The van der Waals surface area contributed by atoms with Gasteiger partial charge in [0.05, 0.1) is 12.6 Å². The van der Waals surface area contributed by atoms with Crippen molar-refractivity contribution >= 4 is 5.91 Å². The lowest BCUT2D eigenvalue weighted by atomic mass is 10.00. The fraction of sp³-hybridized carbons (Fsp3) is 0.172. The van der Waals surface area contributed by atoms with Crippen LogP contribution in [0.15, 0.2) is 97.3 Å². The van der Waals surface area contributed by atoms with Crippen LogP contribution in [0.2, 0.25) is 0 Å². The first kappa shape index (κ1) is 21.9. The van der Waals surface area contributed by atoms with Crippen molar-refractivity contribution in [1.82, 2.24) is 9.88 Å². The van der Waals surface area contributed by atoms with Crippen LogP contribution in [0.1, 0.15) is 22.7 Å². The van der Waals surface area contributed by atoms with E-state index in [-0.39, 0.29) is 18.6 Å². The molecule has 0 bridgehead atoms. The van der Waals surface area contributed by atoms with E-state index in [9.17, 15) is 4.79 Å². The first-order valence-corrected chi connectivity index (χ1v) is 11.4. The maximum absolute atomic E-state index is 12.8. The van der Waals surface area contributed by atoms with E-state index in [1.54, 1.807) is 0 Å². The minimum absolute atomic E-state index is 0.0185. The van der Waals surface area contributed by atoms with Gasteiger partial charge in [0.25, 0.3) is 0 Å². The highest BCUT2D eigenvalue weighted by molar-refractivity contribution is 5.79. The number of para-hydroxylation sites is 2. The molecule has 0 aliphatic carbocycles. The fourth-order valence-corrected chi connectivity index (χ4v) is 4.17. The molecule has 0 N–H and O–H groups in total. The van der Waals surface area contributed by atoms with Gasteiger partial charge >= 0.3 is 0 Å². The van der Waals surface area contributed by atoms with Crippen LogP contribution in [0.25, 0.3) is 11.1 Å². The molecule has 1 saturated heterocycles. The third kappa shape index (κ3) is 4.85. The first-order chi connectivity index (χ1) is 16.7. The maximum Gasteiger partial charge on any atom is 0.249 e. The highest BCUT2D eigenvalue weighted by Gasteiger charge is 2.30. The number of morpholine rings is 1. The number of aryl methyl sites for hydroxylation is 1. The van der Waals surface area contributed by atoms with E-state index in [2.05, 4.69) is 42.2 Å². The van der Waals surface area contributed by atoms with E-state index in [1.165, 1.54) is 5.56 Å². The number of rotatable bonds is 6. The summed E-state index contributed by atoms with van der Waals surface area (Å²) in [6.07, 6.45) is 3.64. The van der Waals surface area contributed by atoms with Gasteiger partial charge in [-0.3, -0.25) is 9.78 Å². The highest BCUT2D eigenvalue weighted by Crippen LogP contribution is 2.35. The molecule has 3 aromatic carbocycles. The van der Waals surface area contributed by atoms with Gasteiger partial charge in [0.1, 0.15) is 18.1 Å². The average molecular weight is 451 g/mol. The van der Waals surface area contributed by atoms with Crippen LogP contribution in [0.5, 0.6) is 11.5 Å². The number of nitrogens with zero attached hydrogens (tertiary/aromatic N) is 2. The Bertz CT molecular complexity index is 1270. The Morgan fingerprint density at radius 1 is 0.971 bits per heavy atom. The Kier molecular flexibility index (Phi) is 6.36. The molecular weight excluding hydrogens is 424 g/mol. The smallest absolute Gasteiger partial charge is 0.249 e. The number of aromatic nitrogens is 1. The number of ether oxygens (including phenoxy) is 2. The van der Waals surface area contributed by atoms with Crippen molar-refractivity contribution < 1.29 is 14.3 Å². The van der Waals surface area contributed by atoms with Crippen LogP contribution >= 0.6 is 0 Å². The molecule has 1 unspecified atom stereocenters. The standard InChI is InChI=1S/C29H26N2O3/c1-21-11-13-22(14-12-21)18-31-27(19-33-20-29(31)32)24-15-23(16-30-17-24)26-9-5-6-10-28(26)34-25-7-3-2-4-8-25/h2-17,27H,18-20H2,1H3. The summed E-state index contributed by atoms with van der Waals surface area (Å²) in [5, 5.41) is 0. The topological polar surface area (TPSA) is 51.7 Å². The first-order valence-electron chi connectivity index (χ1n) is 11.4. The summed E-state index contributed by atoms with van der Waals surface area (Å²) in [7, 11) is 0. The molecule has 5 nitrogen and oxygen atoms in total. The average Bonchev–Trinajstić information content (AvgIpc) is 2.87. The van der Waals surface area contributed by atoms with E-state index < -0.39 is 0 Å². The van der Waals surface area contributed by atoms with Crippen LogP contribution in [-0.2, 0) is 16.1 Å². The van der Waals surface area contributed by atoms with Gasteiger partial charge in [-0.1, -0.05) is 66.2 Å². The quantitative estimate of drug-likeness (QED) is 0.364. The van der Waals surface area contributed by atoms with Crippen LogP contribution in [-0.4, -0.2) is 29.0 Å². The number of benzene rings is 3. The molecule has 1 aliphatic rings. The lowest BCUT2D eigenvalue weighted by Gasteiger charge is -2.36. The molecule has 4 aromatic rings. The Morgan fingerprint density at radius 2 is 1.74 bits per heavy atom. The van der Waals surface area contributed by atoms with Gasteiger partial charge in [-0.05, 0) is 42.3 Å². The van der Waals surface area contributed by atoms with E-state index in [0.717, 1.165) is 33.8 Å². The van der Waals surface area contributed by atoms with E-state index in [4.69, 9.17) is 9.47 Å². The molecular formula is C29H26N2O3. The van der Waals surface area contributed by atoms with Crippen LogP contribution < -0.4 is 4.74 Å². The third-order valence-electron chi connectivity index (χ3n) is 5.98. The molecule has 0 spiro atoms. The summed E-state index contributed by atoms with van der Waals surface area (Å²) < 4.78 is 11.8. The zero-order chi connectivity index (χ0) is 23.3. The Hall–Kier alpha value is -3.96. The van der Waals surface area contributed by atoms with Gasteiger partial charge < -0.3 is 14.4 Å². The number of carbonyl (C=O) groups excluding carboxylic acids is 1. The molecule has 5 heteroatoms. The number of hydrogen-bond donors (Lipinski definition) is 0. The second-order valence-electron chi connectivity index (χ2n) is 8.46. The highest BCUT2D eigenvalue weighted by atomic mass is 16.5. The predicted octanol–water partition coefficient (Wildman–Crippen LogP) is 5.95. The molecule has 0 saturated carbocycles. The Labute approximate surface area is 199 Å². The minimum Gasteiger partial charge on any atom is -0.457 e. The zero-order valence-electron chi connectivity index (χ0n) is 19.1. The zero-order valence-corrected chi connectivity index (χ0v) is 19.1. The molecule has 1 aromatic heterocycles. The minimum atomic E-state index is -0.211. The number of pyridine rings is 1. The van der Waals surface area contributed by atoms with Crippen LogP contribution in [0.4, 0.5) is 0 Å². The monoisotopic (exact) mass is 450 g/mol. The van der Waals surface area contributed by atoms with Gasteiger partial charge in [-0.25, -0.2) is 0 Å². The summed E-state index contributed by atoms with van der Waals surface area (Å²) in [6, 6.07) is 27.8. The van der Waals surface area contributed by atoms with Gasteiger partial charge in [-0.2, -0.15) is 0 Å². The van der Waals surface area contributed by atoms with Gasteiger partial charge in [0.15, 0.2) is 0 Å². The largest absolute Gasteiger partial charge is 0.457 e. The predicted molar refractivity (Wildman–Crippen MR) is 131 cm³/mol. The Morgan fingerprint density at radius 3 is 2.56 bits per heavy atom. The van der Waals surface area contributed by atoms with Gasteiger partial charge in [0, 0.05) is 30.1 Å². The molecule has 5 rings (SSSR count). The van der Waals surface area contributed by atoms with Crippen molar-refractivity contribution in [1.29, 1.82) is 0 Å². The molecule has 34 heavy (non-hydrogen) atoms. The lowest BCUT2D eigenvalue weighted by molar-refractivity contribution is -0.149. The van der Waals surface area contributed by atoms with Crippen LogP contribution in [0, 0.1) is 6.92 Å². The third-order valence-corrected chi connectivity index (χ3v) is 5.98. The fourth-order valence-electron chi connectivity index (χ4n) is 4.17. The number of hydrogen-bond acceptors (Lipinski definition) is 4. The van der Waals surface area contributed by atoms with E-state index in [1.807, 2.05) is 71.9 Å². The number of amides is 1. The normalized spacial score (nSPS) is 15.9. The SMILES string of the molecule is Cc1ccc(CN2C(=O)COCC2c2cncc(-c3ccccc3Oc3ccccc3)c2)cc1. The van der Waals surface area contributed by atoms with E-state index >= 15 is 0 Å². The molecule has 1 atom stereocenters. The van der Waals surface area contributed by atoms with Crippen molar-refractivity contribution in [2.75, 3.05) is 13.2 Å². The van der Waals surface area contributed by atoms with Gasteiger partial charge in [-0.15, -0.1) is 0 Å². The summed E-state index contributed by atoms with van der Waals surface area (Å²) in [4.78, 5) is 19.2. The lowest BCUT2D eigenvalue weighted by Crippen LogP contribution is -2.43. The second-order valence-corrected chi connectivity index (χ2v) is 8.46. The molecule has 0 radical (unpaired) electrons. The molecule has 1 fully saturated rings. The molecule has 2 heterocycles. The van der Waals surface area contributed by atoms with Crippen LogP contribution in [0.3, 0.4) is 0 Å². The maximum atomic E-state index is 12.8. The van der Waals surface area contributed by atoms with E-state index in [0.29, 0.717) is 13.2 Å². The summed E-state index contributed by atoms with van der Waals surface area (Å²) in [6.45, 7) is 3.13. The van der Waals surface area contributed by atoms with Crippen molar-refractivity contribution in [3.8, 4) is 22.6 Å². The summed E-state index contributed by atoms with van der Waals surface area (Å²) in [5.41, 5.74) is 5.09. The second kappa shape index (κ2) is 9.89. The number of carbonyl (C=O) groups is 1. The van der Waals surface area contributed by atoms with Crippen molar-refractivity contribution in [2.45, 2.75) is 19.5 Å². The van der Waals surface area contributed by atoms with Crippen molar-refractivity contribution in [3.05, 3.63) is 114 Å². The Balaban J connectivity index is 1.45. The molecule has 170 valence electrons. The summed E-state index contributed by atoms with van der Waals surface area (Å²) in [5.74, 6) is 1.50. The van der Waals surface area contributed by atoms with Gasteiger partial charge in [0.2, 0.25) is 5.91 Å². The molecule has 1 amide bonds. The molecule has 1 aliphatic heterocycles. The van der Waals surface area contributed by atoms with Crippen molar-refractivity contribution in [2.24, 2.45) is 0 Å². The summed E-state index contributed by atoms with van der Waals surface area (Å²) >= 11 is 0.